The molecule has 3 aromatic heterocycles. The maximum absolute atomic E-state index is 13.1. The summed E-state index contributed by atoms with van der Waals surface area (Å²) in [6.07, 6.45) is 0. The van der Waals surface area contributed by atoms with Gasteiger partial charge in [0, 0.05) is 11.3 Å². The number of aromatic amines is 1. The van der Waals surface area contributed by atoms with Crippen molar-refractivity contribution in [2.75, 3.05) is 4.90 Å². The Bertz CT molecular complexity index is 1160. The molecule has 0 fully saturated rings. The third kappa shape index (κ3) is 3.15. The van der Waals surface area contributed by atoms with E-state index in [4.69, 9.17) is 0 Å². The minimum absolute atomic E-state index is 0.186. The molecular weight excluding hydrogens is 362 g/mol. The second kappa shape index (κ2) is 6.81. The van der Waals surface area contributed by atoms with Gasteiger partial charge in [0.1, 0.15) is 0 Å². The highest BCUT2D eigenvalue weighted by molar-refractivity contribution is 7.12. The van der Waals surface area contributed by atoms with Gasteiger partial charge in [-0.1, -0.05) is 36.4 Å². The number of rotatable bonds is 4. The van der Waals surface area contributed by atoms with Gasteiger partial charge in [0.2, 0.25) is 5.95 Å². The van der Waals surface area contributed by atoms with Crippen LogP contribution in [0.4, 0.5) is 5.95 Å². The average molecular weight is 379 g/mol. The van der Waals surface area contributed by atoms with Crippen molar-refractivity contribution in [1.82, 2.24) is 19.6 Å². The van der Waals surface area contributed by atoms with E-state index < -0.39 is 0 Å². The second-order valence-corrected chi connectivity index (χ2v) is 7.11. The molecule has 0 aliphatic rings. The van der Waals surface area contributed by atoms with E-state index in [9.17, 15) is 9.59 Å². The Morgan fingerprint density at radius 2 is 1.93 bits per heavy atom. The summed E-state index contributed by atoms with van der Waals surface area (Å²) >= 11 is 1.36. The van der Waals surface area contributed by atoms with Crippen molar-refractivity contribution in [2.45, 2.75) is 20.4 Å². The van der Waals surface area contributed by atoms with Crippen molar-refractivity contribution < 1.29 is 4.79 Å². The molecule has 7 nitrogen and oxygen atoms in total. The Kier molecular flexibility index (Phi) is 4.33. The van der Waals surface area contributed by atoms with E-state index >= 15 is 0 Å². The Morgan fingerprint density at radius 3 is 2.63 bits per heavy atom. The highest BCUT2D eigenvalue weighted by Gasteiger charge is 2.23. The van der Waals surface area contributed by atoms with Crippen molar-refractivity contribution in [2.24, 2.45) is 0 Å². The molecule has 0 aliphatic carbocycles. The Labute approximate surface area is 158 Å². The van der Waals surface area contributed by atoms with E-state index in [1.807, 2.05) is 41.8 Å². The lowest BCUT2D eigenvalue weighted by molar-refractivity contribution is 0.0987. The number of nitrogens with one attached hydrogen (secondary N) is 1. The summed E-state index contributed by atoms with van der Waals surface area (Å²) in [5.74, 6) is 0.344. The first kappa shape index (κ1) is 17.2. The van der Waals surface area contributed by atoms with Crippen LogP contribution in [0.3, 0.4) is 0 Å². The summed E-state index contributed by atoms with van der Waals surface area (Å²) < 4.78 is 1.28. The number of aryl methyl sites for hydroxylation is 1. The molecule has 0 unspecified atom stereocenters. The van der Waals surface area contributed by atoms with Crippen LogP contribution in [0, 0.1) is 13.8 Å². The van der Waals surface area contributed by atoms with Crippen LogP contribution in [0.2, 0.25) is 0 Å². The Balaban J connectivity index is 1.83. The van der Waals surface area contributed by atoms with E-state index in [-0.39, 0.29) is 23.2 Å². The average Bonchev–Trinajstić information content (AvgIpc) is 3.35. The van der Waals surface area contributed by atoms with Gasteiger partial charge in [-0.3, -0.25) is 19.6 Å². The molecule has 0 spiro atoms. The molecular formula is C19H17N5O2S. The molecule has 3 heterocycles. The van der Waals surface area contributed by atoms with Gasteiger partial charge in [0.25, 0.3) is 17.2 Å². The van der Waals surface area contributed by atoms with Crippen LogP contribution in [-0.4, -0.2) is 25.5 Å². The highest BCUT2D eigenvalue weighted by atomic mass is 32.1. The van der Waals surface area contributed by atoms with Crippen molar-refractivity contribution in [3.05, 3.63) is 79.9 Å². The topological polar surface area (TPSA) is 83.4 Å². The van der Waals surface area contributed by atoms with Gasteiger partial charge in [-0.15, -0.1) is 11.3 Å². The fraction of sp³-hybridized carbons (Fsp3) is 0.158. The summed E-state index contributed by atoms with van der Waals surface area (Å²) in [6, 6.07) is 13.2. The number of carbonyl (C=O) groups is 1. The summed E-state index contributed by atoms with van der Waals surface area (Å²) in [5.41, 5.74) is 1.90. The number of amides is 1. The standard InChI is InChI=1S/C19H17N5O2S/c1-12-13(2)20-18-21-19(22-24(18)16(12)25)23(11-14-7-4-3-5-8-14)17(26)15-9-6-10-27-15/h3-10H,11H2,1-2H3,(H,20,21,22). The van der Waals surface area contributed by atoms with Gasteiger partial charge >= 0.3 is 0 Å². The van der Waals surface area contributed by atoms with Crippen molar-refractivity contribution in [3.8, 4) is 0 Å². The summed E-state index contributed by atoms with van der Waals surface area (Å²) in [7, 11) is 0. The number of hydrogen-bond acceptors (Lipinski definition) is 5. The van der Waals surface area contributed by atoms with Crippen LogP contribution in [0.25, 0.3) is 5.78 Å². The van der Waals surface area contributed by atoms with Crippen molar-refractivity contribution in [1.29, 1.82) is 0 Å². The first-order valence-corrected chi connectivity index (χ1v) is 9.28. The van der Waals surface area contributed by atoms with Gasteiger partial charge in [0.05, 0.1) is 11.4 Å². The lowest BCUT2D eigenvalue weighted by Gasteiger charge is -2.19. The molecule has 4 aromatic rings. The van der Waals surface area contributed by atoms with Crippen LogP contribution in [0.1, 0.15) is 26.5 Å². The first-order chi connectivity index (χ1) is 13.0. The van der Waals surface area contributed by atoms with Crippen molar-refractivity contribution >= 4 is 29.0 Å². The maximum atomic E-state index is 13.1. The SMILES string of the molecule is Cc1nc2nc(N(Cc3ccccc3)C(=O)c3cccs3)[nH]n2c(=O)c1C. The third-order valence-electron chi connectivity index (χ3n) is 4.37. The van der Waals surface area contributed by atoms with Crippen LogP contribution in [-0.2, 0) is 6.54 Å². The number of thiophene rings is 1. The molecule has 1 N–H and O–H groups in total. The van der Waals surface area contributed by atoms with Gasteiger partial charge in [-0.2, -0.15) is 9.50 Å². The number of hydrogen-bond donors (Lipinski definition) is 1. The van der Waals surface area contributed by atoms with E-state index in [0.29, 0.717) is 22.7 Å². The fourth-order valence-electron chi connectivity index (χ4n) is 2.76. The predicted octanol–water partition coefficient (Wildman–Crippen LogP) is 2.94. The zero-order valence-electron chi connectivity index (χ0n) is 14.8. The number of anilines is 1. The number of H-pyrrole nitrogens is 1. The van der Waals surface area contributed by atoms with E-state index in [0.717, 1.165) is 5.56 Å². The van der Waals surface area contributed by atoms with E-state index in [1.165, 1.54) is 20.8 Å². The van der Waals surface area contributed by atoms with Gasteiger partial charge in [-0.05, 0) is 30.9 Å². The number of aromatic nitrogens is 4. The first-order valence-electron chi connectivity index (χ1n) is 8.40. The molecule has 1 aromatic carbocycles. The van der Waals surface area contributed by atoms with Gasteiger partial charge in [0.15, 0.2) is 0 Å². The molecule has 4 rings (SSSR count). The predicted molar refractivity (Wildman–Crippen MR) is 104 cm³/mol. The monoisotopic (exact) mass is 379 g/mol. The highest BCUT2D eigenvalue weighted by Crippen LogP contribution is 2.20. The van der Waals surface area contributed by atoms with E-state index in [2.05, 4.69) is 15.1 Å². The molecule has 136 valence electrons. The van der Waals surface area contributed by atoms with Gasteiger partial charge in [-0.25, -0.2) is 4.98 Å². The zero-order chi connectivity index (χ0) is 19.0. The quantitative estimate of drug-likeness (QED) is 0.591. The molecule has 0 atom stereocenters. The smallest absolute Gasteiger partial charge is 0.272 e. The molecule has 0 saturated heterocycles. The van der Waals surface area contributed by atoms with Crippen LogP contribution >= 0.6 is 11.3 Å². The second-order valence-electron chi connectivity index (χ2n) is 6.16. The number of nitrogens with zero attached hydrogens (tertiary/aromatic N) is 4. The zero-order valence-corrected chi connectivity index (χ0v) is 15.7. The normalized spacial score (nSPS) is 11.0. The third-order valence-corrected chi connectivity index (χ3v) is 5.23. The minimum Gasteiger partial charge on any atom is -0.272 e. The summed E-state index contributed by atoms with van der Waals surface area (Å²) in [5, 5.41) is 4.79. The Hall–Kier alpha value is -3.26. The van der Waals surface area contributed by atoms with Crippen LogP contribution in [0.15, 0.2) is 52.6 Å². The molecule has 27 heavy (non-hydrogen) atoms. The molecule has 0 saturated carbocycles. The molecule has 0 radical (unpaired) electrons. The van der Waals surface area contributed by atoms with Gasteiger partial charge < -0.3 is 0 Å². The van der Waals surface area contributed by atoms with Crippen molar-refractivity contribution in [3.63, 3.8) is 0 Å². The largest absolute Gasteiger partial charge is 0.277 e. The molecule has 0 aliphatic heterocycles. The Morgan fingerprint density at radius 1 is 1.15 bits per heavy atom. The summed E-state index contributed by atoms with van der Waals surface area (Å²) in [4.78, 5) is 36.5. The number of carbonyl (C=O) groups excluding carboxylic acids is 1. The molecule has 0 bridgehead atoms. The molecule has 1 amide bonds. The maximum Gasteiger partial charge on any atom is 0.277 e. The molecule has 8 heteroatoms. The fourth-order valence-corrected chi connectivity index (χ4v) is 3.43. The van der Waals surface area contributed by atoms with Crippen LogP contribution in [0.5, 0.6) is 0 Å². The van der Waals surface area contributed by atoms with E-state index in [1.54, 1.807) is 19.9 Å². The number of fused-ring (bicyclic) bond motifs is 1. The minimum atomic E-state index is -0.223. The lowest BCUT2D eigenvalue weighted by Crippen LogP contribution is -2.31. The summed E-state index contributed by atoms with van der Waals surface area (Å²) in [6.45, 7) is 3.81. The lowest BCUT2D eigenvalue weighted by atomic mass is 10.2. The van der Waals surface area contributed by atoms with Crippen LogP contribution < -0.4 is 10.5 Å². The number of benzene rings is 1.